The van der Waals surface area contributed by atoms with E-state index in [-0.39, 0.29) is 12.2 Å². The lowest BCUT2D eigenvalue weighted by Crippen LogP contribution is -2.31. The van der Waals surface area contributed by atoms with Crippen LogP contribution in [0.1, 0.15) is 32.6 Å². The minimum absolute atomic E-state index is 0.226. The molecular formula is C9H16O4S. The summed E-state index contributed by atoms with van der Waals surface area (Å²) in [6.45, 7) is 1.56. The first-order valence-corrected chi connectivity index (χ1v) is 6.59. The minimum Gasteiger partial charge on any atom is -0.481 e. The Hall–Kier alpha value is -0.580. The van der Waals surface area contributed by atoms with E-state index in [0.29, 0.717) is 6.42 Å². The molecule has 0 spiro atoms. The number of rotatable bonds is 3. The molecule has 0 aliphatic carbocycles. The van der Waals surface area contributed by atoms with Crippen LogP contribution in [0.25, 0.3) is 0 Å². The van der Waals surface area contributed by atoms with E-state index in [1.54, 1.807) is 6.92 Å². The first kappa shape index (κ1) is 11.5. The van der Waals surface area contributed by atoms with E-state index in [1.807, 2.05) is 0 Å². The van der Waals surface area contributed by atoms with E-state index in [4.69, 9.17) is 5.11 Å². The molecule has 14 heavy (non-hydrogen) atoms. The van der Waals surface area contributed by atoms with Crippen LogP contribution in [0.5, 0.6) is 0 Å². The second-order valence-corrected chi connectivity index (χ2v) is 6.36. The average molecular weight is 220 g/mol. The molecule has 0 aromatic rings. The smallest absolute Gasteiger partial charge is 0.306 e. The van der Waals surface area contributed by atoms with Crippen LogP contribution in [-0.4, -0.2) is 30.5 Å². The monoisotopic (exact) mass is 220 g/mol. The summed E-state index contributed by atoms with van der Waals surface area (Å²) >= 11 is 0. The minimum atomic E-state index is -3.02. The van der Waals surface area contributed by atoms with Crippen LogP contribution in [-0.2, 0) is 14.6 Å². The van der Waals surface area contributed by atoms with Gasteiger partial charge in [0.05, 0.1) is 16.9 Å². The normalized spacial score (nSPS) is 28.2. The van der Waals surface area contributed by atoms with Crippen LogP contribution in [0.2, 0.25) is 0 Å². The maximum atomic E-state index is 11.5. The summed E-state index contributed by atoms with van der Waals surface area (Å²) in [6, 6.07) is 0. The Morgan fingerprint density at radius 3 is 2.64 bits per heavy atom. The molecule has 0 aromatic heterocycles. The van der Waals surface area contributed by atoms with Crippen LogP contribution in [0.15, 0.2) is 0 Å². The standard InChI is InChI=1S/C9H16O4S/c1-7(9(10)11)6-8-4-2-3-5-14(8,12)13/h7-8H,2-6H2,1H3,(H,10,11). The van der Waals surface area contributed by atoms with Gasteiger partial charge in [-0.2, -0.15) is 0 Å². The van der Waals surface area contributed by atoms with Crippen LogP contribution in [0.3, 0.4) is 0 Å². The molecule has 1 saturated heterocycles. The van der Waals surface area contributed by atoms with Gasteiger partial charge in [0.2, 0.25) is 0 Å². The molecule has 4 nitrogen and oxygen atoms in total. The molecular weight excluding hydrogens is 204 g/mol. The Bertz CT molecular complexity index is 307. The third kappa shape index (κ3) is 2.70. The van der Waals surface area contributed by atoms with Crippen molar-refractivity contribution in [1.82, 2.24) is 0 Å². The summed E-state index contributed by atoms with van der Waals surface area (Å²) in [5.74, 6) is -1.25. The van der Waals surface area contributed by atoms with Gasteiger partial charge in [-0.1, -0.05) is 13.3 Å². The number of carboxylic acids is 1. The highest BCUT2D eigenvalue weighted by Crippen LogP contribution is 2.25. The molecule has 0 saturated carbocycles. The first-order chi connectivity index (χ1) is 6.43. The van der Waals surface area contributed by atoms with Gasteiger partial charge < -0.3 is 5.11 Å². The summed E-state index contributed by atoms with van der Waals surface area (Å²) < 4.78 is 23.1. The van der Waals surface area contributed by atoms with Crippen molar-refractivity contribution in [3.63, 3.8) is 0 Å². The first-order valence-electron chi connectivity index (χ1n) is 4.88. The Balaban J connectivity index is 2.63. The zero-order chi connectivity index (χ0) is 10.8. The molecule has 1 rings (SSSR count). The molecule has 0 bridgehead atoms. The second-order valence-electron chi connectivity index (χ2n) is 3.96. The summed E-state index contributed by atoms with van der Waals surface area (Å²) in [5, 5.41) is 8.26. The molecule has 5 heteroatoms. The molecule has 1 N–H and O–H groups in total. The molecule has 82 valence electrons. The Kier molecular flexibility index (Phi) is 3.53. The number of carbonyl (C=O) groups is 1. The van der Waals surface area contributed by atoms with Crippen LogP contribution in [0.4, 0.5) is 0 Å². The van der Waals surface area contributed by atoms with Gasteiger partial charge in [-0.25, -0.2) is 8.42 Å². The highest BCUT2D eigenvalue weighted by atomic mass is 32.2. The predicted molar refractivity (Wildman–Crippen MR) is 52.8 cm³/mol. The van der Waals surface area contributed by atoms with E-state index in [2.05, 4.69) is 0 Å². The number of carboxylic acid groups (broad SMARTS) is 1. The van der Waals surface area contributed by atoms with Gasteiger partial charge in [0, 0.05) is 0 Å². The fraction of sp³-hybridized carbons (Fsp3) is 0.889. The van der Waals surface area contributed by atoms with E-state index < -0.39 is 27.0 Å². The number of aliphatic carboxylic acids is 1. The Morgan fingerprint density at radius 2 is 2.14 bits per heavy atom. The van der Waals surface area contributed by atoms with Crippen molar-refractivity contribution in [3.8, 4) is 0 Å². The molecule has 1 heterocycles. The zero-order valence-corrected chi connectivity index (χ0v) is 9.09. The molecule has 2 atom stereocenters. The van der Waals surface area contributed by atoms with Gasteiger partial charge in [0.1, 0.15) is 0 Å². The molecule has 1 aliphatic heterocycles. The molecule has 0 amide bonds. The van der Waals surface area contributed by atoms with Gasteiger partial charge in [0.25, 0.3) is 0 Å². The van der Waals surface area contributed by atoms with Crippen LogP contribution in [0, 0.1) is 5.92 Å². The van der Waals surface area contributed by atoms with Gasteiger partial charge in [-0.05, 0) is 19.3 Å². The van der Waals surface area contributed by atoms with Crippen molar-refractivity contribution in [1.29, 1.82) is 0 Å². The second kappa shape index (κ2) is 4.29. The summed E-state index contributed by atoms with van der Waals surface area (Å²) in [5.41, 5.74) is 0. The predicted octanol–water partition coefficient (Wildman–Crippen LogP) is 1.06. The number of hydrogen-bond donors (Lipinski definition) is 1. The van der Waals surface area contributed by atoms with Crippen molar-refractivity contribution >= 4 is 15.8 Å². The number of hydrogen-bond acceptors (Lipinski definition) is 3. The van der Waals surface area contributed by atoms with Crippen molar-refractivity contribution in [2.75, 3.05) is 5.75 Å². The highest BCUT2D eigenvalue weighted by Gasteiger charge is 2.31. The topological polar surface area (TPSA) is 71.4 Å². The van der Waals surface area contributed by atoms with E-state index in [9.17, 15) is 13.2 Å². The summed E-state index contributed by atoms with van der Waals surface area (Å²) in [4.78, 5) is 10.6. The lowest BCUT2D eigenvalue weighted by Gasteiger charge is -2.23. The molecule has 1 fully saturated rings. The Labute approximate surface area is 84.2 Å². The van der Waals surface area contributed by atoms with E-state index in [0.717, 1.165) is 12.8 Å². The van der Waals surface area contributed by atoms with E-state index in [1.165, 1.54) is 0 Å². The number of sulfone groups is 1. The average Bonchev–Trinajstić information content (AvgIpc) is 2.08. The van der Waals surface area contributed by atoms with Gasteiger partial charge in [0.15, 0.2) is 9.84 Å². The molecule has 1 aliphatic rings. The molecule has 2 unspecified atom stereocenters. The SMILES string of the molecule is CC(CC1CCCCS1(=O)=O)C(=O)O. The van der Waals surface area contributed by atoms with Crippen molar-refractivity contribution in [3.05, 3.63) is 0 Å². The largest absolute Gasteiger partial charge is 0.481 e. The fourth-order valence-electron chi connectivity index (χ4n) is 1.78. The summed E-state index contributed by atoms with van der Waals surface area (Å²) in [7, 11) is -3.02. The van der Waals surface area contributed by atoms with Crippen molar-refractivity contribution in [2.45, 2.75) is 37.9 Å². The fourth-order valence-corrected chi connectivity index (χ4v) is 3.83. The van der Waals surface area contributed by atoms with E-state index >= 15 is 0 Å². The lowest BCUT2D eigenvalue weighted by molar-refractivity contribution is -0.141. The molecule has 0 aromatic carbocycles. The molecule has 0 radical (unpaired) electrons. The summed E-state index contributed by atoms with van der Waals surface area (Å²) in [6.07, 6.45) is 2.51. The van der Waals surface area contributed by atoms with Gasteiger partial charge in [-0.15, -0.1) is 0 Å². The van der Waals surface area contributed by atoms with Crippen LogP contribution >= 0.6 is 0 Å². The maximum Gasteiger partial charge on any atom is 0.306 e. The Morgan fingerprint density at radius 1 is 1.50 bits per heavy atom. The maximum absolute atomic E-state index is 11.5. The van der Waals surface area contributed by atoms with Crippen molar-refractivity contribution < 1.29 is 18.3 Å². The quantitative estimate of drug-likeness (QED) is 0.772. The lowest BCUT2D eigenvalue weighted by atomic mass is 10.0. The third-order valence-corrected chi connectivity index (χ3v) is 5.05. The van der Waals surface area contributed by atoms with Crippen LogP contribution < -0.4 is 0 Å². The zero-order valence-electron chi connectivity index (χ0n) is 8.27. The third-order valence-electron chi connectivity index (χ3n) is 2.75. The van der Waals surface area contributed by atoms with Gasteiger partial charge >= 0.3 is 5.97 Å². The van der Waals surface area contributed by atoms with Crippen molar-refractivity contribution in [2.24, 2.45) is 5.92 Å². The highest BCUT2D eigenvalue weighted by molar-refractivity contribution is 7.92. The van der Waals surface area contributed by atoms with Gasteiger partial charge in [-0.3, -0.25) is 4.79 Å².